The second kappa shape index (κ2) is 6.73. The number of nitrogens with two attached hydrogens (primary N) is 1. The van der Waals surface area contributed by atoms with Crippen molar-refractivity contribution in [1.82, 2.24) is 4.90 Å². The van der Waals surface area contributed by atoms with Crippen molar-refractivity contribution in [2.75, 3.05) is 18.4 Å². The van der Waals surface area contributed by atoms with Crippen molar-refractivity contribution in [3.05, 3.63) is 24.0 Å². The fraction of sp³-hybridized carbons (Fsp3) is 0.429. The molecular weight excluding hydrogens is 341 g/mol. The molecule has 1 heterocycles. The number of anilines is 1. The summed E-state index contributed by atoms with van der Waals surface area (Å²) in [5.74, 6) is -2.53. The minimum Gasteiger partial charge on any atom is -0.481 e. The molecule has 1 saturated heterocycles. The molecule has 1 aliphatic rings. The first-order valence-electron chi connectivity index (χ1n) is 7.18. The molecule has 1 aromatic carbocycles. The number of carboxylic acid groups (broad SMARTS) is 1. The first-order valence-corrected chi connectivity index (χ1v) is 8.73. The Bertz CT molecular complexity index is 768. The number of halogens is 1. The van der Waals surface area contributed by atoms with E-state index in [0.29, 0.717) is 13.0 Å². The summed E-state index contributed by atoms with van der Waals surface area (Å²) in [7, 11) is -4.12. The summed E-state index contributed by atoms with van der Waals surface area (Å²) in [6, 6.07) is 2.11. The molecule has 4 N–H and O–H groups in total. The molecule has 0 spiro atoms. The Morgan fingerprint density at radius 1 is 1.33 bits per heavy atom. The maximum atomic E-state index is 13.5. The van der Waals surface area contributed by atoms with E-state index in [1.165, 1.54) is 4.90 Å². The molecule has 2 amide bonds. The van der Waals surface area contributed by atoms with E-state index in [0.717, 1.165) is 18.2 Å². The number of nitrogens with one attached hydrogen (secondary N) is 1. The van der Waals surface area contributed by atoms with Crippen LogP contribution in [0.1, 0.15) is 13.3 Å². The van der Waals surface area contributed by atoms with Crippen molar-refractivity contribution in [1.29, 1.82) is 0 Å². The third-order valence-electron chi connectivity index (χ3n) is 3.75. The average molecular weight is 359 g/mol. The number of carbonyl (C=O) groups excluding carboxylic acids is 1. The monoisotopic (exact) mass is 359 g/mol. The van der Waals surface area contributed by atoms with Gasteiger partial charge in [0.25, 0.3) is 0 Å². The fourth-order valence-electron chi connectivity index (χ4n) is 2.70. The normalized spacial score (nSPS) is 21.4. The molecule has 24 heavy (non-hydrogen) atoms. The lowest BCUT2D eigenvalue weighted by atomic mass is 9.91. The van der Waals surface area contributed by atoms with Gasteiger partial charge in [-0.25, -0.2) is 22.7 Å². The number of aliphatic carboxylic acids is 1. The van der Waals surface area contributed by atoms with Gasteiger partial charge in [-0.2, -0.15) is 0 Å². The van der Waals surface area contributed by atoms with Gasteiger partial charge in [-0.15, -0.1) is 0 Å². The molecule has 1 fully saturated rings. The lowest BCUT2D eigenvalue weighted by molar-refractivity contribution is -0.143. The molecule has 1 aromatic rings. The molecule has 0 bridgehead atoms. The number of carboxylic acids is 1. The number of rotatable bonds is 3. The number of piperidine rings is 1. The lowest BCUT2D eigenvalue weighted by Crippen LogP contribution is -2.47. The van der Waals surface area contributed by atoms with Crippen LogP contribution < -0.4 is 10.5 Å². The van der Waals surface area contributed by atoms with E-state index >= 15 is 0 Å². The minimum atomic E-state index is -4.12. The molecule has 132 valence electrons. The second-order valence-electron chi connectivity index (χ2n) is 5.93. The highest BCUT2D eigenvalue weighted by molar-refractivity contribution is 7.89. The van der Waals surface area contributed by atoms with Gasteiger partial charge in [0.05, 0.1) is 10.8 Å². The van der Waals surface area contributed by atoms with Crippen LogP contribution in [0.5, 0.6) is 0 Å². The van der Waals surface area contributed by atoms with E-state index in [4.69, 9.17) is 10.2 Å². The van der Waals surface area contributed by atoms with Crippen LogP contribution in [-0.2, 0) is 14.8 Å². The molecule has 0 radical (unpaired) electrons. The predicted molar refractivity (Wildman–Crippen MR) is 83.3 cm³/mol. The van der Waals surface area contributed by atoms with E-state index in [1.54, 1.807) is 0 Å². The van der Waals surface area contributed by atoms with Crippen LogP contribution in [0.3, 0.4) is 0 Å². The first kappa shape index (κ1) is 18.1. The second-order valence-corrected chi connectivity index (χ2v) is 7.49. The van der Waals surface area contributed by atoms with Crippen LogP contribution in [0.25, 0.3) is 0 Å². The molecule has 0 saturated carbocycles. The highest BCUT2D eigenvalue weighted by atomic mass is 32.2. The number of benzene rings is 1. The first-order chi connectivity index (χ1) is 11.1. The Morgan fingerprint density at radius 2 is 2.00 bits per heavy atom. The number of hydrogen-bond donors (Lipinski definition) is 3. The van der Waals surface area contributed by atoms with Crippen LogP contribution in [0.2, 0.25) is 0 Å². The number of sulfonamides is 1. The van der Waals surface area contributed by atoms with E-state index < -0.39 is 38.7 Å². The van der Waals surface area contributed by atoms with E-state index in [2.05, 4.69) is 5.32 Å². The zero-order chi connectivity index (χ0) is 18.1. The van der Waals surface area contributed by atoms with Gasteiger partial charge in [-0.05, 0) is 30.5 Å². The van der Waals surface area contributed by atoms with Crippen molar-refractivity contribution in [2.45, 2.75) is 18.2 Å². The summed E-state index contributed by atoms with van der Waals surface area (Å²) in [6.45, 7) is 2.21. The quantitative estimate of drug-likeness (QED) is 0.742. The van der Waals surface area contributed by atoms with Crippen molar-refractivity contribution in [3.8, 4) is 0 Å². The van der Waals surface area contributed by atoms with Crippen molar-refractivity contribution < 1.29 is 27.5 Å². The van der Waals surface area contributed by atoms with Gasteiger partial charge in [0.2, 0.25) is 10.0 Å². The summed E-state index contributed by atoms with van der Waals surface area (Å²) in [5.41, 5.74) is -0.0749. The number of hydrogen-bond acceptors (Lipinski definition) is 4. The predicted octanol–water partition coefficient (Wildman–Crippen LogP) is 1.05. The zero-order valence-corrected chi connectivity index (χ0v) is 13.7. The maximum Gasteiger partial charge on any atom is 0.321 e. The lowest BCUT2D eigenvalue weighted by Gasteiger charge is -2.34. The Hall–Kier alpha value is -2.20. The van der Waals surface area contributed by atoms with Crippen LogP contribution in [0.4, 0.5) is 14.9 Å². The number of urea groups is 1. The fourth-order valence-corrected chi connectivity index (χ4v) is 3.27. The highest BCUT2D eigenvalue weighted by Gasteiger charge is 2.32. The Labute approximate surface area is 138 Å². The number of amides is 2. The number of nitrogens with zero attached hydrogens (tertiary/aromatic N) is 1. The molecule has 10 heteroatoms. The van der Waals surface area contributed by atoms with Crippen LogP contribution >= 0.6 is 0 Å². The van der Waals surface area contributed by atoms with E-state index in [9.17, 15) is 22.4 Å². The Kier molecular flexibility index (Phi) is 5.09. The number of primary sulfonamides is 1. The van der Waals surface area contributed by atoms with Gasteiger partial charge in [0, 0.05) is 18.8 Å². The molecule has 2 unspecified atom stereocenters. The Morgan fingerprint density at radius 3 is 2.58 bits per heavy atom. The van der Waals surface area contributed by atoms with Gasteiger partial charge in [0.1, 0.15) is 5.82 Å². The van der Waals surface area contributed by atoms with Crippen molar-refractivity contribution in [2.24, 2.45) is 17.0 Å². The zero-order valence-electron chi connectivity index (χ0n) is 12.9. The van der Waals surface area contributed by atoms with Gasteiger partial charge in [0.15, 0.2) is 0 Å². The molecule has 0 aliphatic carbocycles. The van der Waals surface area contributed by atoms with E-state index in [1.807, 2.05) is 6.92 Å². The van der Waals surface area contributed by atoms with E-state index in [-0.39, 0.29) is 18.2 Å². The number of carbonyl (C=O) groups is 2. The Balaban J connectivity index is 2.17. The third kappa shape index (κ3) is 4.42. The summed E-state index contributed by atoms with van der Waals surface area (Å²) in [4.78, 5) is 24.3. The minimum absolute atomic E-state index is 0.00177. The van der Waals surface area contributed by atoms with Gasteiger partial charge in [-0.3, -0.25) is 4.79 Å². The molecule has 0 aromatic heterocycles. The molecule has 1 aliphatic heterocycles. The largest absolute Gasteiger partial charge is 0.481 e. The summed E-state index contributed by atoms with van der Waals surface area (Å²) in [6.07, 6.45) is 0.467. The van der Waals surface area contributed by atoms with Crippen LogP contribution in [-0.4, -0.2) is 43.5 Å². The number of likely N-dealkylation sites (tertiary alicyclic amines) is 1. The van der Waals surface area contributed by atoms with Gasteiger partial charge < -0.3 is 15.3 Å². The third-order valence-corrected chi connectivity index (χ3v) is 4.64. The maximum absolute atomic E-state index is 13.5. The topological polar surface area (TPSA) is 130 Å². The summed E-state index contributed by atoms with van der Waals surface area (Å²) >= 11 is 0. The highest BCUT2D eigenvalue weighted by Crippen LogP contribution is 2.23. The molecule has 2 atom stereocenters. The standard InChI is InChI=1S/C14H18FN3O5S/c1-8-2-9(13(19)20)7-18(6-8)14(21)17-11-3-10(15)4-12(5-11)24(16,22)23/h3-5,8-9H,2,6-7H2,1H3,(H,17,21)(H,19,20)(H2,16,22,23). The summed E-state index contributed by atoms with van der Waals surface area (Å²) in [5, 5.41) is 16.5. The average Bonchev–Trinajstić information content (AvgIpc) is 2.44. The van der Waals surface area contributed by atoms with Crippen molar-refractivity contribution >= 4 is 27.7 Å². The smallest absolute Gasteiger partial charge is 0.321 e. The van der Waals surface area contributed by atoms with Crippen LogP contribution in [0.15, 0.2) is 23.1 Å². The molecule has 2 rings (SSSR count). The SMILES string of the molecule is CC1CC(C(=O)O)CN(C(=O)Nc2cc(F)cc(S(N)(=O)=O)c2)C1. The molecular formula is C14H18FN3O5S. The van der Waals surface area contributed by atoms with Crippen molar-refractivity contribution in [3.63, 3.8) is 0 Å². The van der Waals surface area contributed by atoms with Crippen LogP contribution in [0, 0.1) is 17.7 Å². The summed E-state index contributed by atoms with van der Waals surface area (Å²) < 4.78 is 36.1. The van der Waals surface area contributed by atoms with Gasteiger partial charge >= 0.3 is 12.0 Å². The molecule has 8 nitrogen and oxygen atoms in total. The van der Waals surface area contributed by atoms with Gasteiger partial charge in [-0.1, -0.05) is 6.92 Å².